The van der Waals surface area contributed by atoms with E-state index in [9.17, 15) is 27.6 Å². The van der Waals surface area contributed by atoms with Crippen LogP contribution in [0.3, 0.4) is 0 Å². The minimum atomic E-state index is -4.54. The number of amides is 3. The first-order valence-electron chi connectivity index (χ1n) is 12.1. The fourth-order valence-corrected chi connectivity index (χ4v) is 3.48. The van der Waals surface area contributed by atoms with Crippen LogP contribution in [0.1, 0.15) is 16.7 Å². The third-order valence-electron chi connectivity index (χ3n) is 5.47. The lowest BCUT2D eigenvalue weighted by Gasteiger charge is -2.11. The van der Waals surface area contributed by atoms with Crippen molar-refractivity contribution in [2.75, 3.05) is 32.7 Å². The number of ether oxygens (including phenoxy) is 3. The first-order chi connectivity index (χ1) is 19.6. The maximum Gasteiger partial charge on any atom is 0.416 e. The zero-order valence-electron chi connectivity index (χ0n) is 22.1. The van der Waals surface area contributed by atoms with Gasteiger partial charge in [-0.05, 0) is 54.4 Å². The van der Waals surface area contributed by atoms with Crippen LogP contribution in [0.2, 0.25) is 0 Å². The van der Waals surface area contributed by atoms with Crippen LogP contribution in [0.5, 0.6) is 17.2 Å². The van der Waals surface area contributed by atoms with Crippen LogP contribution in [0.25, 0.3) is 0 Å². The molecule has 0 fully saturated rings. The van der Waals surface area contributed by atoms with E-state index in [1.54, 1.807) is 30.3 Å². The molecular formula is C28H27F3N4O6. The molecule has 3 aromatic rings. The summed E-state index contributed by atoms with van der Waals surface area (Å²) in [5.74, 6) is -1.24. The third kappa shape index (κ3) is 9.27. The average molecular weight is 573 g/mol. The highest BCUT2D eigenvalue weighted by molar-refractivity contribution is 6.35. The number of para-hydroxylation sites is 1. The number of anilines is 1. The van der Waals surface area contributed by atoms with Crippen LogP contribution < -0.4 is 30.3 Å². The fourth-order valence-electron chi connectivity index (χ4n) is 3.48. The number of carbonyl (C=O) groups is 3. The Hall–Kier alpha value is -5.07. The Morgan fingerprint density at radius 3 is 2.37 bits per heavy atom. The fraction of sp³-hybridized carbons (Fsp3) is 0.214. The lowest BCUT2D eigenvalue weighted by Crippen LogP contribution is -2.38. The van der Waals surface area contributed by atoms with Crippen molar-refractivity contribution in [3.05, 3.63) is 83.4 Å². The van der Waals surface area contributed by atoms with Crippen LogP contribution in [0, 0.1) is 0 Å². The minimum Gasteiger partial charge on any atom is -0.493 e. The van der Waals surface area contributed by atoms with Gasteiger partial charge in [0.2, 0.25) is 0 Å². The summed E-state index contributed by atoms with van der Waals surface area (Å²) in [6.07, 6.45) is -2.89. The molecule has 0 unspecified atom stereocenters. The molecule has 3 amide bonds. The van der Waals surface area contributed by atoms with Crippen molar-refractivity contribution < 1.29 is 41.8 Å². The van der Waals surface area contributed by atoms with Gasteiger partial charge in [0, 0.05) is 17.8 Å². The van der Waals surface area contributed by atoms with Crippen LogP contribution in [-0.2, 0) is 27.0 Å². The Morgan fingerprint density at radius 2 is 1.63 bits per heavy atom. The zero-order chi connectivity index (χ0) is 29.8. The zero-order valence-corrected chi connectivity index (χ0v) is 22.1. The van der Waals surface area contributed by atoms with Crippen molar-refractivity contribution in [2.45, 2.75) is 12.6 Å². The number of nitrogens with one attached hydrogen (secondary N) is 3. The normalized spacial score (nSPS) is 11.0. The number of nitrogens with zero attached hydrogens (tertiary/aromatic N) is 1. The molecule has 0 aliphatic heterocycles. The van der Waals surface area contributed by atoms with Crippen LogP contribution in [0.15, 0.2) is 71.8 Å². The van der Waals surface area contributed by atoms with Gasteiger partial charge < -0.3 is 24.8 Å². The van der Waals surface area contributed by atoms with E-state index in [0.29, 0.717) is 23.5 Å². The summed E-state index contributed by atoms with van der Waals surface area (Å²) >= 11 is 0. The van der Waals surface area contributed by atoms with Crippen LogP contribution in [-0.4, -0.2) is 51.3 Å². The van der Waals surface area contributed by atoms with E-state index in [0.717, 1.165) is 17.7 Å². The van der Waals surface area contributed by atoms with Crippen molar-refractivity contribution >= 4 is 29.6 Å². The summed E-state index contributed by atoms with van der Waals surface area (Å²) < 4.78 is 54.5. The topological polar surface area (TPSA) is 127 Å². The van der Waals surface area contributed by atoms with Gasteiger partial charge in [0.25, 0.3) is 5.91 Å². The van der Waals surface area contributed by atoms with Gasteiger partial charge in [0.15, 0.2) is 18.1 Å². The van der Waals surface area contributed by atoms with Gasteiger partial charge in [0.05, 0.1) is 26.0 Å². The van der Waals surface area contributed by atoms with Gasteiger partial charge in [-0.1, -0.05) is 24.3 Å². The summed E-state index contributed by atoms with van der Waals surface area (Å²) in [7, 11) is 3.04. The second-order valence-electron chi connectivity index (χ2n) is 8.35. The molecule has 0 radical (unpaired) electrons. The number of rotatable bonds is 11. The molecule has 10 nitrogen and oxygen atoms in total. The molecule has 216 valence electrons. The van der Waals surface area contributed by atoms with Crippen molar-refractivity contribution in [2.24, 2.45) is 5.10 Å². The molecule has 41 heavy (non-hydrogen) atoms. The number of carbonyl (C=O) groups excluding carboxylic acids is 3. The first kappa shape index (κ1) is 30.5. The predicted molar refractivity (Wildman–Crippen MR) is 144 cm³/mol. The second kappa shape index (κ2) is 14.4. The molecule has 13 heteroatoms. The molecule has 0 aromatic heterocycles. The second-order valence-corrected chi connectivity index (χ2v) is 8.35. The largest absolute Gasteiger partial charge is 0.493 e. The van der Waals surface area contributed by atoms with Crippen molar-refractivity contribution in [1.82, 2.24) is 10.7 Å². The maximum atomic E-state index is 12.9. The van der Waals surface area contributed by atoms with E-state index in [1.807, 2.05) is 6.07 Å². The lowest BCUT2D eigenvalue weighted by atomic mass is 10.1. The lowest BCUT2D eigenvalue weighted by molar-refractivity contribution is -0.139. The van der Waals surface area contributed by atoms with Gasteiger partial charge in [-0.15, -0.1) is 0 Å². The summed E-state index contributed by atoms with van der Waals surface area (Å²) in [6, 6.07) is 15.9. The van der Waals surface area contributed by atoms with Gasteiger partial charge >= 0.3 is 18.0 Å². The summed E-state index contributed by atoms with van der Waals surface area (Å²) in [6.45, 7) is -0.319. The average Bonchev–Trinajstić information content (AvgIpc) is 2.96. The monoisotopic (exact) mass is 572 g/mol. The van der Waals surface area contributed by atoms with Gasteiger partial charge in [-0.2, -0.15) is 18.3 Å². The number of hydrogen-bond donors (Lipinski definition) is 3. The molecule has 0 saturated heterocycles. The first-order valence-corrected chi connectivity index (χ1v) is 12.1. The molecule has 0 saturated carbocycles. The van der Waals surface area contributed by atoms with Gasteiger partial charge in [0.1, 0.15) is 5.75 Å². The smallest absolute Gasteiger partial charge is 0.416 e. The highest BCUT2D eigenvalue weighted by atomic mass is 19.4. The molecule has 0 aliphatic carbocycles. The van der Waals surface area contributed by atoms with Crippen LogP contribution in [0.4, 0.5) is 18.9 Å². The quantitative estimate of drug-likeness (QED) is 0.183. The number of halogens is 3. The minimum absolute atomic E-state index is 0.0343. The van der Waals surface area contributed by atoms with E-state index in [2.05, 4.69) is 21.2 Å². The molecule has 0 atom stereocenters. The third-order valence-corrected chi connectivity index (χ3v) is 5.47. The molecule has 0 bridgehead atoms. The van der Waals surface area contributed by atoms with E-state index in [4.69, 9.17) is 14.2 Å². The summed E-state index contributed by atoms with van der Waals surface area (Å²) in [5.41, 5.74) is 2.41. The standard InChI is InChI=1S/C28H27F3N4O6/c1-39-23-11-10-18(14-24(23)40-2)12-13-32-26(37)27(38)35-33-16-19-6-3-4-9-22(19)41-17-25(36)34-21-8-5-7-20(15-21)28(29,30)31/h3-11,14-16H,12-13,17H2,1-2H3,(H,32,37)(H,34,36)(H,35,38)/b33-16-. The Morgan fingerprint density at radius 1 is 0.878 bits per heavy atom. The Kier molecular flexibility index (Phi) is 10.7. The highest BCUT2D eigenvalue weighted by Gasteiger charge is 2.30. The number of hydrogen-bond acceptors (Lipinski definition) is 7. The van der Waals surface area contributed by atoms with Crippen molar-refractivity contribution in [3.63, 3.8) is 0 Å². The molecule has 3 N–H and O–H groups in total. The SMILES string of the molecule is COc1ccc(CCNC(=O)C(=O)N/N=C\c2ccccc2OCC(=O)Nc2cccc(C(F)(F)F)c2)cc1OC. The summed E-state index contributed by atoms with van der Waals surface area (Å²) in [4.78, 5) is 36.4. The number of benzene rings is 3. The molecule has 3 rings (SSSR count). The molecule has 0 spiro atoms. The molecule has 3 aromatic carbocycles. The van der Waals surface area contributed by atoms with Gasteiger partial charge in [-0.25, -0.2) is 5.43 Å². The molecule has 0 aliphatic rings. The predicted octanol–water partition coefficient (Wildman–Crippen LogP) is 3.55. The van der Waals surface area contributed by atoms with E-state index >= 15 is 0 Å². The number of methoxy groups -OCH3 is 2. The summed E-state index contributed by atoms with van der Waals surface area (Å²) in [5, 5.41) is 8.59. The van der Waals surface area contributed by atoms with E-state index in [1.165, 1.54) is 38.6 Å². The van der Waals surface area contributed by atoms with Crippen molar-refractivity contribution in [1.29, 1.82) is 0 Å². The van der Waals surface area contributed by atoms with E-state index in [-0.39, 0.29) is 18.0 Å². The Balaban J connectivity index is 1.47. The maximum absolute atomic E-state index is 12.9. The number of hydrazone groups is 1. The van der Waals surface area contributed by atoms with Gasteiger partial charge in [-0.3, -0.25) is 14.4 Å². The van der Waals surface area contributed by atoms with Crippen LogP contribution >= 0.6 is 0 Å². The Bertz CT molecular complexity index is 1410. The van der Waals surface area contributed by atoms with E-state index < -0.39 is 36.1 Å². The molecule has 0 heterocycles. The van der Waals surface area contributed by atoms with Crippen molar-refractivity contribution in [3.8, 4) is 17.2 Å². The highest BCUT2D eigenvalue weighted by Crippen LogP contribution is 2.30. The number of alkyl halides is 3. The Labute approximate surface area is 233 Å². The molecular weight excluding hydrogens is 545 g/mol.